The summed E-state index contributed by atoms with van der Waals surface area (Å²) < 4.78 is 13.4. The van der Waals surface area contributed by atoms with Gasteiger partial charge in [0.05, 0.1) is 0 Å². The van der Waals surface area contributed by atoms with E-state index in [1.165, 1.54) is 6.07 Å². The topological polar surface area (TPSA) is 0 Å². The fourth-order valence-electron chi connectivity index (χ4n) is 0.967. The number of benzene rings is 1. The second-order valence-corrected chi connectivity index (χ2v) is 4.70. The molecular weight excluding hydrogens is 254 g/mol. The van der Waals surface area contributed by atoms with Gasteiger partial charge >= 0.3 is 0 Å². The van der Waals surface area contributed by atoms with Gasteiger partial charge in [0.1, 0.15) is 5.82 Å². The van der Waals surface area contributed by atoms with Crippen molar-refractivity contribution in [2.75, 3.05) is 0 Å². The Morgan fingerprint density at radius 1 is 1.45 bits per heavy atom. The second kappa shape index (κ2) is 4.04. The van der Waals surface area contributed by atoms with E-state index in [1.807, 2.05) is 12.1 Å². The van der Waals surface area contributed by atoms with Crippen molar-refractivity contribution < 1.29 is 4.39 Å². The van der Waals surface area contributed by atoms with E-state index in [-0.39, 0.29) is 5.82 Å². The van der Waals surface area contributed by atoms with Gasteiger partial charge in [-0.3, -0.25) is 0 Å². The third-order valence-corrected chi connectivity index (χ3v) is 1.90. The molecule has 0 nitrogen and oxygen atoms in total. The molecule has 1 rings (SSSR count). The Bertz CT molecular complexity index is 233. The molecule has 0 heterocycles. The molecule has 0 bridgehead atoms. The molecular formula is C9H10FI. The molecule has 0 fully saturated rings. The molecule has 0 aliphatic carbocycles. The lowest BCUT2D eigenvalue weighted by molar-refractivity contribution is 0.609. The van der Waals surface area contributed by atoms with Crippen LogP contribution < -0.4 is 0 Å². The van der Waals surface area contributed by atoms with E-state index in [1.54, 1.807) is 6.07 Å². The molecule has 0 saturated carbocycles. The van der Waals surface area contributed by atoms with Gasteiger partial charge in [0.2, 0.25) is 0 Å². The Kier molecular flexibility index (Phi) is 3.30. The molecule has 0 amide bonds. The van der Waals surface area contributed by atoms with E-state index < -0.39 is 0 Å². The SMILES string of the molecule is C[C@@H](I)Cc1ccccc1F. The zero-order valence-electron chi connectivity index (χ0n) is 6.35. The Morgan fingerprint density at radius 3 is 2.64 bits per heavy atom. The highest BCUT2D eigenvalue weighted by molar-refractivity contribution is 14.1. The monoisotopic (exact) mass is 264 g/mol. The van der Waals surface area contributed by atoms with Crippen molar-refractivity contribution >= 4 is 22.6 Å². The fraction of sp³-hybridized carbons (Fsp3) is 0.333. The Labute approximate surface area is 80.0 Å². The van der Waals surface area contributed by atoms with Gasteiger partial charge in [-0.2, -0.15) is 0 Å². The summed E-state index contributed by atoms with van der Waals surface area (Å²) in [5.41, 5.74) is 0.814. The summed E-state index contributed by atoms with van der Waals surface area (Å²) >= 11 is 2.30. The van der Waals surface area contributed by atoms with Crippen LogP contribution in [0, 0.1) is 5.82 Å². The van der Waals surface area contributed by atoms with Gasteiger partial charge in [-0.05, 0) is 18.1 Å². The van der Waals surface area contributed by atoms with Crippen LogP contribution in [0.4, 0.5) is 4.39 Å². The molecule has 0 aliphatic rings. The van der Waals surface area contributed by atoms with Gasteiger partial charge < -0.3 is 0 Å². The van der Waals surface area contributed by atoms with Crippen molar-refractivity contribution in [2.45, 2.75) is 17.3 Å². The highest BCUT2D eigenvalue weighted by atomic mass is 127. The smallest absolute Gasteiger partial charge is 0.126 e. The van der Waals surface area contributed by atoms with Gasteiger partial charge in [-0.15, -0.1) is 0 Å². The van der Waals surface area contributed by atoms with E-state index in [2.05, 4.69) is 29.5 Å². The van der Waals surface area contributed by atoms with Gasteiger partial charge in [0.15, 0.2) is 0 Å². The van der Waals surface area contributed by atoms with Crippen LogP contribution >= 0.6 is 22.6 Å². The van der Waals surface area contributed by atoms with Crippen LogP contribution in [0.1, 0.15) is 12.5 Å². The molecule has 2 heteroatoms. The lowest BCUT2D eigenvalue weighted by Gasteiger charge is -2.03. The first-order valence-electron chi connectivity index (χ1n) is 3.57. The summed E-state index contributed by atoms with van der Waals surface area (Å²) in [4.78, 5) is 0. The molecule has 11 heavy (non-hydrogen) atoms. The molecule has 1 atom stereocenters. The quantitative estimate of drug-likeness (QED) is 0.568. The minimum absolute atomic E-state index is 0.0870. The lowest BCUT2D eigenvalue weighted by Crippen LogP contribution is -1.98. The standard InChI is InChI=1S/C9H10FI/c1-7(11)6-8-4-2-3-5-9(8)10/h2-5,7H,6H2,1H3/t7-/m1/s1. The maximum Gasteiger partial charge on any atom is 0.126 e. The van der Waals surface area contributed by atoms with E-state index in [9.17, 15) is 4.39 Å². The van der Waals surface area contributed by atoms with E-state index in [4.69, 9.17) is 0 Å². The first kappa shape index (κ1) is 8.97. The maximum atomic E-state index is 12.9. The molecule has 1 aromatic rings. The molecule has 0 radical (unpaired) electrons. The van der Waals surface area contributed by atoms with Gasteiger partial charge in [-0.1, -0.05) is 47.7 Å². The summed E-state index contributed by atoms with van der Waals surface area (Å²) in [6.45, 7) is 2.08. The number of hydrogen-bond acceptors (Lipinski definition) is 0. The lowest BCUT2D eigenvalue weighted by atomic mass is 10.1. The Morgan fingerprint density at radius 2 is 2.09 bits per heavy atom. The zero-order valence-corrected chi connectivity index (χ0v) is 8.51. The highest BCUT2D eigenvalue weighted by Crippen LogP contribution is 2.12. The number of rotatable bonds is 2. The van der Waals surface area contributed by atoms with Crippen molar-refractivity contribution in [1.29, 1.82) is 0 Å². The van der Waals surface area contributed by atoms with Crippen LogP contribution in [-0.4, -0.2) is 3.92 Å². The summed E-state index contributed by atoms with van der Waals surface area (Å²) in [7, 11) is 0. The predicted molar refractivity (Wildman–Crippen MR) is 53.6 cm³/mol. The minimum atomic E-state index is -0.0870. The molecule has 60 valence electrons. The first-order valence-corrected chi connectivity index (χ1v) is 4.82. The van der Waals surface area contributed by atoms with Crippen LogP contribution in [0.15, 0.2) is 24.3 Å². The first-order chi connectivity index (χ1) is 5.20. The molecule has 1 aromatic carbocycles. The number of hydrogen-bond donors (Lipinski definition) is 0. The van der Waals surface area contributed by atoms with Gasteiger partial charge in [-0.25, -0.2) is 4.39 Å². The molecule has 0 unspecified atom stereocenters. The minimum Gasteiger partial charge on any atom is -0.207 e. The van der Waals surface area contributed by atoms with Crippen LogP contribution in [0.3, 0.4) is 0 Å². The molecule has 0 saturated heterocycles. The second-order valence-electron chi connectivity index (χ2n) is 2.58. The summed E-state index contributed by atoms with van der Waals surface area (Å²) in [5.74, 6) is -0.0870. The third-order valence-electron chi connectivity index (χ3n) is 1.46. The molecule has 0 aliphatic heterocycles. The Hall–Kier alpha value is -0.120. The summed E-state index contributed by atoms with van der Waals surface area (Å²) in [6, 6.07) is 6.94. The van der Waals surface area contributed by atoms with Crippen molar-refractivity contribution in [1.82, 2.24) is 0 Å². The summed E-state index contributed by atoms with van der Waals surface area (Å²) in [5, 5.41) is 0. The van der Waals surface area contributed by atoms with Crippen LogP contribution in [0.2, 0.25) is 0 Å². The summed E-state index contributed by atoms with van der Waals surface area (Å²) in [6.07, 6.45) is 0.813. The molecule has 0 spiro atoms. The highest BCUT2D eigenvalue weighted by Gasteiger charge is 2.02. The zero-order chi connectivity index (χ0) is 8.27. The van der Waals surface area contributed by atoms with E-state index in [0.717, 1.165) is 12.0 Å². The van der Waals surface area contributed by atoms with E-state index in [0.29, 0.717) is 3.92 Å². The van der Waals surface area contributed by atoms with Crippen LogP contribution in [0.25, 0.3) is 0 Å². The van der Waals surface area contributed by atoms with Crippen molar-refractivity contribution in [3.8, 4) is 0 Å². The average molecular weight is 264 g/mol. The number of halogens is 2. The van der Waals surface area contributed by atoms with Crippen molar-refractivity contribution in [3.63, 3.8) is 0 Å². The normalized spacial score (nSPS) is 13.0. The average Bonchev–Trinajstić information content (AvgIpc) is 1.93. The fourth-order valence-corrected chi connectivity index (χ4v) is 1.44. The van der Waals surface area contributed by atoms with E-state index >= 15 is 0 Å². The van der Waals surface area contributed by atoms with Crippen LogP contribution in [0.5, 0.6) is 0 Å². The van der Waals surface area contributed by atoms with Gasteiger partial charge in [0.25, 0.3) is 0 Å². The maximum absolute atomic E-state index is 12.9. The van der Waals surface area contributed by atoms with Crippen LogP contribution in [-0.2, 0) is 6.42 Å². The Balaban J connectivity index is 2.78. The number of alkyl halides is 1. The van der Waals surface area contributed by atoms with Crippen molar-refractivity contribution in [2.24, 2.45) is 0 Å². The predicted octanol–water partition coefficient (Wildman–Crippen LogP) is 3.19. The van der Waals surface area contributed by atoms with Crippen molar-refractivity contribution in [3.05, 3.63) is 35.6 Å². The third kappa shape index (κ3) is 2.77. The molecule has 0 aromatic heterocycles. The largest absolute Gasteiger partial charge is 0.207 e. The van der Waals surface area contributed by atoms with Gasteiger partial charge in [0, 0.05) is 3.92 Å². The molecule has 0 N–H and O–H groups in total.